The summed E-state index contributed by atoms with van der Waals surface area (Å²) < 4.78 is 52.5. The van der Waals surface area contributed by atoms with Crippen LogP contribution in [0.4, 0.5) is 29.3 Å². The molecule has 2 heterocycles. The SMILES string of the molecule is Cc1ccc(C(=O)Nc2ccc(CN(C(=O)OC(C)(C)C)C(F)(F)F)cc2)cc1-c1cc(N2CCOCC2)c(=O)n(C)c1. The molecule has 1 aromatic heterocycles. The average molecular weight is 601 g/mol. The van der Waals surface area contributed by atoms with Gasteiger partial charge in [-0.2, -0.15) is 0 Å². The van der Waals surface area contributed by atoms with Crippen molar-refractivity contribution in [3.8, 4) is 11.1 Å². The van der Waals surface area contributed by atoms with Gasteiger partial charge < -0.3 is 24.3 Å². The number of morpholine rings is 1. The fourth-order valence-corrected chi connectivity index (χ4v) is 4.60. The minimum atomic E-state index is -4.94. The summed E-state index contributed by atoms with van der Waals surface area (Å²) in [4.78, 5) is 39.9. The molecule has 2 amide bonds. The first kappa shape index (κ1) is 31.6. The van der Waals surface area contributed by atoms with Crippen LogP contribution in [0.15, 0.2) is 59.5 Å². The molecule has 0 bridgehead atoms. The largest absolute Gasteiger partial charge is 0.490 e. The van der Waals surface area contributed by atoms with Gasteiger partial charge in [0, 0.05) is 43.1 Å². The number of anilines is 2. The van der Waals surface area contributed by atoms with E-state index >= 15 is 0 Å². The summed E-state index contributed by atoms with van der Waals surface area (Å²) >= 11 is 0. The Hall–Kier alpha value is -4.32. The first-order valence-electron chi connectivity index (χ1n) is 13.7. The Kier molecular flexibility index (Phi) is 9.19. The second kappa shape index (κ2) is 12.5. The van der Waals surface area contributed by atoms with E-state index in [1.54, 1.807) is 25.4 Å². The van der Waals surface area contributed by atoms with E-state index in [0.29, 0.717) is 43.2 Å². The van der Waals surface area contributed by atoms with Crippen molar-refractivity contribution in [1.29, 1.82) is 0 Å². The van der Waals surface area contributed by atoms with Crippen LogP contribution in [0.2, 0.25) is 0 Å². The topological polar surface area (TPSA) is 93.1 Å². The molecule has 12 heteroatoms. The van der Waals surface area contributed by atoms with Gasteiger partial charge in [0.15, 0.2) is 0 Å². The second-order valence-corrected chi connectivity index (χ2v) is 11.3. The summed E-state index contributed by atoms with van der Waals surface area (Å²) in [5, 5.41) is 2.76. The van der Waals surface area contributed by atoms with E-state index in [-0.39, 0.29) is 16.0 Å². The van der Waals surface area contributed by atoms with Crippen LogP contribution in [-0.2, 0) is 23.1 Å². The van der Waals surface area contributed by atoms with Gasteiger partial charge in [0.2, 0.25) is 0 Å². The Morgan fingerprint density at radius 3 is 2.28 bits per heavy atom. The van der Waals surface area contributed by atoms with Crippen molar-refractivity contribution in [3.05, 3.63) is 81.8 Å². The quantitative estimate of drug-likeness (QED) is 0.365. The lowest BCUT2D eigenvalue weighted by atomic mass is 9.98. The highest BCUT2D eigenvalue weighted by molar-refractivity contribution is 6.05. The molecular formula is C31H35F3N4O5. The van der Waals surface area contributed by atoms with Gasteiger partial charge in [-0.1, -0.05) is 18.2 Å². The molecule has 9 nitrogen and oxygen atoms in total. The van der Waals surface area contributed by atoms with Crippen LogP contribution < -0.4 is 15.8 Å². The predicted octanol–water partition coefficient (Wildman–Crippen LogP) is 5.71. The standard InChI is InChI=1S/C31H35F3N4O5/c1-20-6-9-22(16-25(20)23-17-26(28(40)36(5)19-23)37-12-14-42-15-13-37)27(39)35-24-10-7-21(8-11-24)18-38(31(32,33)34)29(41)43-30(2,3)4/h6-11,16-17,19H,12-15,18H2,1-5H3,(H,35,39). The number of carbonyl (C=O) groups excluding carboxylic acids is 2. The number of nitrogens with zero attached hydrogens (tertiary/aromatic N) is 3. The van der Waals surface area contributed by atoms with Crippen LogP contribution in [0.3, 0.4) is 0 Å². The van der Waals surface area contributed by atoms with Crippen LogP contribution in [0.1, 0.15) is 42.3 Å². The van der Waals surface area contributed by atoms with Crippen LogP contribution in [0, 0.1) is 6.92 Å². The molecule has 0 aliphatic carbocycles. The minimum Gasteiger partial charge on any atom is -0.443 e. The van der Waals surface area contributed by atoms with Crippen LogP contribution >= 0.6 is 0 Å². The number of amides is 2. The molecule has 1 saturated heterocycles. The molecule has 0 spiro atoms. The zero-order chi connectivity index (χ0) is 31.5. The van der Waals surface area contributed by atoms with Crippen molar-refractivity contribution in [2.45, 2.75) is 46.1 Å². The highest BCUT2D eigenvalue weighted by atomic mass is 19.4. The van der Waals surface area contributed by atoms with E-state index in [1.165, 1.54) is 49.6 Å². The lowest BCUT2D eigenvalue weighted by Gasteiger charge is -2.29. The number of halogens is 3. The lowest BCUT2D eigenvalue weighted by Crippen LogP contribution is -2.45. The Morgan fingerprint density at radius 2 is 1.67 bits per heavy atom. The maximum atomic E-state index is 13.6. The molecule has 230 valence electrons. The summed E-state index contributed by atoms with van der Waals surface area (Å²) in [5.41, 5.74) is 2.74. The number of ether oxygens (including phenoxy) is 2. The normalized spacial score (nSPS) is 13.9. The van der Waals surface area contributed by atoms with Gasteiger partial charge in [-0.15, -0.1) is 13.2 Å². The fourth-order valence-electron chi connectivity index (χ4n) is 4.60. The van der Waals surface area contributed by atoms with Crippen LogP contribution in [-0.4, -0.2) is 59.7 Å². The Morgan fingerprint density at radius 1 is 1.02 bits per heavy atom. The smallest absolute Gasteiger partial charge is 0.443 e. The van der Waals surface area contributed by atoms with Gasteiger partial charge in [-0.05, 0) is 74.7 Å². The van der Waals surface area contributed by atoms with E-state index in [0.717, 1.165) is 16.7 Å². The monoisotopic (exact) mass is 600 g/mol. The molecule has 1 N–H and O–H groups in total. The summed E-state index contributed by atoms with van der Waals surface area (Å²) in [6, 6.07) is 12.8. The van der Waals surface area contributed by atoms with Gasteiger partial charge in [-0.3, -0.25) is 9.59 Å². The summed E-state index contributed by atoms with van der Waals surface area (Å²) in [6.45, 7) is 7.90. The van der Waals surface area contributed by atoms with E-state index in [1.807, 2.05) is 24.0 Å². The predicted molar refractivity (Wildman–Crippen MR) is 157 cm³/mol. The summed E-state index contributed by atoms with van der Waals surface area (Å²) in [6.07, 6.45) is -4.70. The fraction of sp³-hybridized carbons (Fsp3) is 0.387. The van der Waals surface area contributed by atoms with Crippen molar-refractivity contribution in [1.82, 2.24) is 9.47 Å². The Labute approximate surface area is 247 Å². The average Bonchev–Trinajstić information content (AvgIpc) is 2.93. The Balaban J connectivity index is 1.51. The molecule has 43 heavy (non-hydrogen) atoms. The van der Waals surface area contributed by atoms with Crippen molar-refractivity contribution in [3.63, 3.8) is 0 Å². The van der Waals surface area contributed by atoms with Gasteiger partial charge >= 0.3 is 12.4 Å². The number of alkyl halides is 3. The highest BCUT2D eigenvalue weighted by Gasteiger charge is 2.43. The number of pyridine rings is 1. The molecule has 4 rings (SSSR count). The number of hydrogen-bond donors (Lipinski definition) is 1. The maximum Gasteiger partial charge on any atom is 0.490 e. The summed E-state index contributed by atoms with van der Waals surface area (Å²) in [5.74, 6) is -0.419. The highest BCUT2D eigenvalue weighted by Crippen LogP contribution is 2.29. The van der Waals surface area contributed by atoms with E-state index < -0.39 is 30.4 Å². The molecule has 2 aromatic carbocycles. The zero-order valence-electron chi connectivity index (χ0n) is 24.7. The van der Waals surface area contributed by atoms with Crippen LogP contribution in [0.25, 0.3) is 11.1 Å². The van der Waals surface area contributed by atoms with Crippen molar-refractivity contribution in [2.24, 2.45) is 7.05 Å². The molecule has 1 aliphatic rings. The number of benzene rings is 2. The number of nitrogens with one attached hydrogen (secondary N) is 1. The zero-order valence-corrected chi connectivity index (χ0v) is 24.7. The van der Waals surface area contributed by atoms with E-state index in [4.69, 9.17) is 9.47 Å². The van der Waals surface area contributed by atoms with Crippen LogP contribution in [0.5, 0.6) is 0 Å². The minimum absolute atomic E-state index is 0.120. The molecule has 1 aliphatic heterocycles. The van der Waals surface area contributed by atoms with E-state index in [2.05, 4.69) is 5.32 Å². The second-order valence-electron chi connectivity index (χ2n) is 11.3. The van der Waals surface area contributed by atoms with Gasteiger partial charge in [-0.25, -0.2) is 9.69 Å². The molecule has 3 aromatic rings. The molecule has 0 unspecified atom stereocenters. The van der Waals surface area contributed by atoms with Gasteiger partial charge in [0.1, 0.15) is 11.3 Å². The molecule has 0 atom stereocenters. The van der Waals surface area contributed by atoms with Crippen molar-refractivity contribution >= 4 is 23.4 Å². The number of carbonyl (C=O) groups is 2. The van der Waals surface area contributed by atoms with Crippen molar-refractivity contribution in [2.75, 3.05) is 36.5 Å². The third-order valence-electron chi connectivity index (χ3n) is 6.80. The summed E-state index contributed by atoms with van der Waals surface area (Å²) in [7, 11) is 1.69. The van der Waals surface area contributed by atoms with E-state index in [9.17, 15) is 27.6 Å². The third kappa shape index (κ3) is 7.95. The molecule has 1 fully saturated rings. The van der Waals surface area contributed by atoms with Gasteiger partial charge in [0.05, 0.1) is 19.8 Å². The number of aromatic nitrogens is 1. The maximum absolute atomic E-state index is 13.6. The molecular weight excluding hydrogens is 565 g/mol. The number of hydrogen-bond acceptors (Lipinski definition) is 6. The van der Waals surface area contributed by atoms with Gasteiger partial charge in [0.25, 0.3) is 11.5 Å². The first-order valence-corrected chi connectivity index (χ1v) is 13.7. The Bertz CT molecular complexity index is 1540. The number of aryl methyl sites for hydroxylation is 2. The third-order valence-corrected chi connectivity index (χ3v) is 6.80. The molecule has 0 saturated carbocycles. The molecule has 0 radical (unpaired) electrons. The first-order chi connectivity index (χ1) is 20.1. The van der Waals surface area contributed by atoms with Crippen molar-refractivity contribution < 1.29 is 32.2 Å². The lowest BCUT2D eigenvalue weighted by molar-refractivity contribution is -0.236. The number of rotatable bonds is 6.